The zero-order valence-electron chi connectivity index (χ0n) is 15.7. The van der Waals surface area contributed by atoms with Gasteiger partial charge in [-0.3, -0.25) is 4.79 Å². The molecule has 0 radical (unpaired) electrons. The van der Waals surface area contributed by atoms with Gasteiger partial charge in [0, 0.05) is 0 Å². The second-order valence-electron chi connectivity index (χ2n) is 5.84. The minimum Gasteiger partial charge on any atom is -0.496 e. The van der Waals surface area contributed by atoms with E-state index in [1.54, 1.807) is 26.4 Å². The lowest BCUT2D eigenvalue weighted by molar-refractivity contribution is 0.0952. The first kappa shape index (κ1) is 19.7. The average molecular weight is 443 g/mol. The number of hydrogen-bond acceptors (Lipinski definition) is 5. The first-order valence-corrected chi connectivity index (χ1v) is 9.18. The van der Waals surface area contributed by atoms with E-state index in [2.05, 4.69) is 26.5 Å². The maximum Gasteiger partial charge on any atom is 0.275 e. The van der Waals surface area contributed by atoms with Crippen molar-refractivity contribution in [2.75, 3.05) is 21.3 Å². The summed E-state index contributed by atoms with van der Waals surface area (Å²) < 4.78 is 16.7. The highest BCUT2D eigenvalue weighted by atomic mass is 79.9. The van der Waals surface area contributed by atoms with Gasteiger partial charge in [0.05, 0.1) is 37.6 Å². The molecule has 1 amide bonds. The number of benzene rings is 3. The number of hydrogen-bond donors (Lipinski definition) is 1. The number of nitrogens with zero attached hydrogens (tertiary/aromatic N) is 1. The molecule has 28 heavy (non-hydrogen) atoms. The van der Waals surface area contributed by atoms with Crippen molar-refractivity contribution in [3.05, 3.63) is 64.1 Å². The molecule has 3 rings (SSSR count). The Balaban J connectivity index is 1.82. The van der Waals surface area contributed by atoms with Gasteiger partial charge >= 0.3 is 0 Å². The Morgan fingerprint density at radius 3 is 2.29 bits per heavy atom. The highest BCUT2D eigenvalue weighted by Crippen LogP contribution is 2.35. The van der Waals surface area contributed by atoms with Crippen LogP contribution in [0.1, 0.15) is 15.9 Å². The van der Waals surface area contributed by atoms with Crippen LogP contribution in [0, 0.1) is 0 Å². The van der Waals surface area contributed by atoms with Crippen molar-refractivity contribution in [2.45, 2.75) is 0 Å². The van der Waals surface area contributed by atoms with Gasteiger partial charge < -0.3 is 14.2 Å². The van der Waals surface area contributed by atoms with E-state index in [0.717, 1.165) is 20.8 Å². The molecule has 3 aromatic rings. The lowest BCUT2D eigenvalue weighted by Crippen LogP contribution is -2.18. The molecule has 0 aliphatic carbocycles. The molecular formula is C21H19BrN2O4. The maximum absolute atomic E-state index is 12.6. The number of carbonyl (C=O) groups excluding carboxylic acids is 1. The highest BCUT2D eigenvalue weighted by molar-refractivity contribution is 9.10. The lowest BCUT2D eigenvalue weighted by atomic mass is 10.1. The highest BCUT2D eigenvalue weighted by Gasteiger charge is 2.13. The third-order valence-corrected chi connectivity index (χ3v) is 4.74. The number of halogens is 1. The zero-order chi connectivity index (χ0) is 20.1. The van der Waals surface area contributed by atoms with Crippen molar-refractivity contribution < 1.29 is 19.0 Å². The third kappa shape index (κ3) is 4.09. The summed E-state index contributed by atoms with van der Waals surface area (Å²) in [5.41, 5.74) is 3.68. The van der Waals surface area contributed by atoms with Crippen LogP contribution in [-0.4, -0.2) is 33.5 Å². The quantitative estimate of drug-likeness (QED) is 0.453. The van der Waals surface area contributed by atoms with Crippen LogP contribution in [0.15, 0.2) is 58.1 Å². The molecule has 0 fully saturated rings. The van der Waals surface area contributed by atoms with Crippen LogP contribution in [0.5, 0.6) is 17.2 Å². The van der Waals surface area contributed by atoms with Gasteiger partial charge in [0.15, 0.2) is 11.5 Å². The van der Waals surface area contributed by atoms with E-state index >= 15 is 0 Å². The molecule has 0 spiro atoms. The second-order valence-corrected chi connectivity index (χ2v) is 6.69. The van der Waals surface area contributed by atoms with E-state index in [1.165, 1.54) is 13.3 Å². The fraction of sp³-hybridized carbons (Fsp3) is 0.143. The molecule has 3 aromatic carbocycles. The van der Waals surface area contributed by atoms with Gasteiger partial charge in [0.25, 0.3) is 5.91 Å². The van der Waals surface area contributed by atoms with E-state index in [1.807, 2.05) is 36.4 Å². The summed E-state index contributed by atoms with van der Waals surface area (Å²) in [7, 11) is 4.65. The van der Waals surface area contributed by atoms with E-state index in [0.29, 0.717) is 22.8 Å². The second kappa shape index (κ2) is 8.75. The summed E-state index contributed by atoms with van der Waals surface area (Å²) in [5, 5.41) is 5.99. The van der Waals surface area contributed by atoms with Crippen LogP contribution in [0.4, 0.5) is 0 Å². The summed E-state index contributed by atoms with van der Waals surface area (Å²) >= 11 is 3.43. The Kier molecular flexibility index (Phi) is 6.16. The van der Waals surface area contributed by atoms with E-state index in [9.17, 15) is 4.79 Å². The predicted octanol–water partition coefficient (Wildman–Crippen LogP) is 4.39. The molecular weight excluding hydrogens is 424 g/mol. The van der Waals surface area contributed by atoms with Crippen molar-refractivity contribution in [1.82, 2.24) is 5.43 Å². The minimum absolute atomic E-state index is 0.363. The van der Waals surface area contributed by atoms with Crippen LogP contribution in [0.2, 0.25) is 0 Å². The standard InChI is InChI=1S/C21H19BrN2O4/c1-26-18-11-15-7-5-4-6-14(15)10-16(18)21(25)24-23-12-13-8-17(22)20(28-3)19(9-13)27-2/h4-12H,1-3H3,(H,24,25). The van der Waals surface area contributed by atoms with E-state index in [4.69, 9.17) is 14.2 Å². The molecule has 0 atom stereocenters. The number of fused-ring (bicyclic) bond motifs is 1. The summed E-state index contributed by atoms with van der Waals surface area (Å²) in [4.78, 5) is 12.6. The van der Waals surface area contributed by atoms with E-state index < -0.39 is 0 Å². The van der Waals surface area contributed by atoms with Crippen LogP contribution in [-0.2, 0) is 0 Å². The molecule has 144 valence electrons. The molecule has 0 aromatic heterocycles. The molecule has 0 heterocycles. The predicted molar refractivity (Wildman–Crippen MR) is 113 cm³/mol. The van der Waals surface area contributed by atoms with Gasteiger partial charge in [-0.25, -0.2) is 5.43 Å². The number of carbonyl (C=O) groups is 1. The number of amides is 1. The number of rotatable bonds is 6. The Bertz CT molecular complexity index is 1050. The van der Waals surface area contributed by atoms with Gasteiger partial charge in [-0.05, 0) is 56.5 Å². The Hall–Kier alpha value is -3.06. The summed E-state index contributed by atoms with van der Waals surface area (Å²) in [6.45, 7) is 0. The van der Waals surface area contributed by atoms with Crippen molar-refractivity contribution >= 4 is 38.8 Å². The van der Waals surface area contributed by atoms with E-state index in [-0.39, 0.29) is 5.91 Å². The van der Waals surface area contributed by atoms with Crippen molar-refractivity contribution in [3.8, 4) is 17.2 Å². The van der Waals surface area contributed by atoms with Crippen LogP contribution in [0.3, 0.4) is 0 Å². The summed E-state index contributed by atoms with van der Waals surface area (Å²) in [6.07, 6.45) is 1.53. The fourth-order valence-corrected chi connectivity index (χ4v) is 3.43. The molecule has 0 aliphatic rings. The van der Waals surface area contributed by atoms with Crippen molar-refractivity contribution in [1.29, 1.82) is 0 Å². The van der Waals surface area contributed by atoms with Gasteiger partial charge in [-0.1, -0.05) is 24.3 Å². The zero-order valence-corrected chi connectivity index (χ0v) is 17.2. The maximum atomic E-state index is 12.6. The summed E-state index contributed by atoms with van der Waals surface area (Å²) in [6, 6.07) is 15.0. The average Bonchev–Trinajstić information content (AvgIpc) is 2.72. The number of hydrazone groups is 1. The molecule has 0 aliphatic heterocycles. The van der Waals surface area contributed by atoms with Crippen molar-refractivity contribution in [3.63, 3.8) is 0 Å². The van der Waals surface area contributed by atoms with Gasteiger partial charge in [-0.15, -0.1) is 0 Å². The first-order chi connectivity index (χ1) is 13.6. The van der Waals surface area contributed by atoms with Crippen LogP contribution >= 0.6 is 15.9 Å². The number of methoxy groups -OCH3 is 3. The Morgan fingerprint density at radius 1 is 0.964 bits per heavy atom. The molecule has 0 saturated carbocycles. The Labute approximate surface area is 171 Å². The molecule has 0 unspecified atom stereocenters. The fourth-order valence-electron chi connectivity index (χ4n) is 2.80. The van der Waals surface area contributed by atoms with Crippen LogP contribution in [0.25, 0.3) is 10.8 Å². The first-order valence-electron chi connectivity index (χ1n) is 8.39. The molecule has 7 heteroatoms. The largest absolute Gasteiger partial charge is 0.496 e. The normalized spacial score (nSPS) is 10.9. The number of nitrogens with one attached hydrogen (secondary N) is 1. The van der Waals surface area contributed by atoms with Crippen LogP contribution < -0.4 is 19.6 Å². The Morgan fingerprint density at radius 2 is 1.64 bits per heavy atom. The smallest absolute Gasteiger partial charge is 0.275 e. The third-order valence-electron chi connectivity index (χ3n) is 4.15. The van der Waals surface area contributed by atoms with Gasteiger partial charge in [0.1, 0.15) is 5.75 Å². The SMILES string of the molecule is COc1cc2ccccc2cc1C(=O)NN=Cc1cc(Br)c(OC)c(OC)c1. The number of ether oxygens (including phenoxy) is 3. The molecule has 0 bridgehead atoms. The minimum atomic E-state index is -0.363. The van der Waals surface area contributed by atoms with Crippen molar-refractivity contribution in [2.24, 2.45) is 5.10 Å². The molecule has 1 N–H and O–H groups in total. The molecule has 0 saturated heterocycles. The summed E-state index contributed by atoms with van der Waals surface area (Å²) in [5.74, 6) is 1.27. The lowest BCUT2D eigenvalue weighted by Gasteiger charge is -2.10. The topological polar surface area (TPSA) is 69.2 Å². The monoisotopic (exact) mass is 442 g/mol. The van der Waals surface area contributed by atoms with Gasteiger partial charge in [-0.2, -0.15) is 5.10 Å². The molecule has 6 nitrogen and oxygen atoms in total. The van der Waals surface area contributed by atoms with Gasteiger partial charge in [0.2, 0.25) is 0 Å².